The van der Waals surface area contributed by atoms with Gasteiger partial charge in [-0.2, -0.15) is 0 Å². The van der Waals surface area contributed by atoms with Crippen LogP contribution in [0.2, 0.25) is 5.02 Å². The molecule has 1 fully saturated rings. The Labute approximate surface area is 201 Å². The van der Waals surface area contributed by atoms with E-state index < -0.39 is 30.2 Å². The van der Waals surface area contributed by atoms with Crippen molar-refractivity contribution in [1.82, 2.24) is 10.2 Å². The van der Waals surface area contributed by atoms with Crippen LogP contribution in [0.4, 0.5) is 20.6 Å². The predicted octanol–water partition coefficient (Wildman–Crippen LogP) is 4.64. The second kappa shape index (κ2) is 8.61. The van der Waals surface area contributed by atoms with Crippen LogP contribution in [0.3, 0.4) is 0 Å². The molecule has 0 aliphatic carbocycles. The number of imide groups is 1. The molecule has 2 N–H and O–H groups in total. The number of likely N-dealkylation sites (N-methyl/N-ethyl adjacent to an activating group) is 1. The van der Waals surface area contributed by atoms with Gasteiger partial charge >= 0.3 is 6.03 Å². The van der Waals surface area contributed by atoms with Crippen LogP contribution in [0.15, 0.2) is 48.2 Å². The minimum atomic E-state index is -0.711. The van der Waals surface area contributed by atoms with E-state index in [0.29, 0.717) is 16.3 Å². The van der Waals surface area contributed by atoms with Crippen LogP contribution < -0.4 is 15.5 Å². The van der Waals surface area contributed by atoms with Crippen molar-refractivity contribution >= 4 is 52.5 Å². The fraction of sp³-hybridized carbons (Fsp3) is 0.240. The molecule has 0 aromatic heterocycles. The molecule has 4 amide bonds. The smallest absolute Gasteiger partial charge is 0.329 e. The Morgan fingerprint density at radius 3 is 2.56 bits per heavy atom. The molecule has 34 heavy (non-hydrogen) atoms. The molecule has 4 rings (SSSR count). The van der Waals surface area contributed by atoms with Crippen molar-refractivity contribution < 1.29 is 18.8 Å². The van der Waals surface area contributed by atoms with Crippen molar-refractivity contribution in [3.05, 3.63) is 70.1 Å². The molecule has 176 valence electrons. The first-order chi connectivity index (χ1) is 16.0. The number of hydrogen-bond acceptors (Lipinski definition) is 4. The molecule has 2 aromatic rings. The zero-order valence-electron chi connectivity index (χ0n) is 19.2. The highest BCUT2D eigenvalue weighted by Gasteiger charge is 2.35. The van der Waals surface area contributed by atoms with Crippen molar-refractivity contribution in [1.29, 1.82) is 0 Å². The minimum absolute atomic E-state index is 0.0209. The lowest BCUT2D eigenvalue weighted by Gasteiger charge is -2.40. The van der Waals surface area contributed by atoms with Gasteiger partial charge in [0.1, 0.15) is 18.1 Å². The normalized spacial score (nSPS) is 18.1. The minimum Gasteiger partial charge on any atom is -0.365 e. The number of allylic oxidation sites excluding steroid dienone is 1. The van der Waals surface area contributed by atoms with E-state index in [-0.39, 0.29) is 11.2 Å². The summed E-state index contributed by atoms with van der Waals surface area (Å²) in [4.78, 5) is 40.5. The fourth-order valence-electron chi connectivity index (χ4n) is 4.05. The van der Waals surface area contributed by atoms with Gasteiger partial charge in [0.2, 0.25) is 5.91 Å². The van der Waals surface area contributed by atoms with E-state index in [4.69, 9.17) is 11.6 Å². The molecule has 0 unspecified atom stereocenters. The summed E-state index contributed by atoms with van der Waals surface area (Å²) in [5.74, 6) is -1.67. The Balaban J connectivity index is 1.55. The molecule has 0 radical (unpaired) electrons. The molecule has 2 heterocycles. The highest BCUT2D eigenvalue weighted by Crippen LogP contribution is 2.41. The molecule has 2 aliphatic heterocycles. The van der Waals surface area contributed by atoms with Gasteiger partial charge in [-0.3, -0.25) is 9.59 Å². The molecule has 0 bridgehead atoms. The van der Waals surface area contributed by atoms with Crippen LogP contribution in [0.25, 0.3) is 11.6 Å². The SMILES string of the molecule is CC1=CC(C)(C)N(C)c2cc(Cl)c(/C=C3/NC(=O)N(CC(=O)Nc4ccc(F)cc4)C3=O)cc21. The van der Waals surface area contributed by atoms with Crippen molar-refractivity contribution in [2.24, 2.45) is 0 Å². The Morgan fingerprint density at radius 2 is 1.88 bits per heavy atom. The van der Waals surface area contributed by atoms with E-state index in [9.17, 15) is 18.8 Å². The molecule has 9 heteroatoms. The summed E-state index contributed by atoms with van der Waals surface area (Å²) in [5.41, 5.74) is 3.80. The summed E-state index contributed by atoms with van der Waals surface area (Å²) in [6, 6.07) is 8.18. The highest BCUT2D eigenvalue weighted by molar-refractivity contribution is 6.32. The Hall–Kier alpha value is -3.65. The number of hydrogen-bond donors (Lipinski definition) is 2. The third-order valence-electron chi connectivity index (χ3n) is 6.03. The lowest BCUT2D eigenvalue weighted by molar-refractivity contribution is -0.127. The number of halogens is 2. The first-order valence-corrected chi connectivity index (χ1v) is 11.0. The molecule has 1 saturated heterocycles. The topological polar surface area (TPSA) is 81.8 Å². The zero-order chi connectivity index (χ0) is 24.8. The van der Waals surface area contributed by atoms with E-state index in [0.717, 1.165) is 21.7 Å². The van der Waals surface area contributed by atoms with Gasteiger partial charge in [0.25, 0.3) is 5.91 Å². The number of anilines is 2. The summed E-state index contributed by atoms with van der Waals surface area (Å²) in [5, 5.41) is 5.46. The molecule has 7 nitrogen and oxygen atoms in total. The van der Waals surface area contributed by atoms with E-state index >= 15 is 0 Å². The molecule has 2 aliphatic rings. The van der Waals surface area contributed by atoms with Gasteiger partial charge in [-0.1, -0.05) is 17.7 Å². The first kappa shape index (κ1) is 23.5. The largest absolute Gasteiger partial charge is 0.365 e. The number of nitrogens with one attached hydrogen (secondary N) is 2. The Morgan fingerprint density at radius 1 is 1.21 bits per heavy atom. The van der Waals surface area contributed by atoms with Gasteiger partial charge < -0.3 is 15.5 Å². The molecular formula is C25H24ClFN4O3. The fourth-order valence-corrected chi connectivity index (χ4v) is 4.26. The van der Waals surface area contributed by atoms with Crippen LogP contribution in [-0.2, 0) is 9.59 Å². The molecular weight excluding hydrogens is 459 g/mol. The summed E-state index contributed by atoms with van der Waals surface area (Å²) >= 11 is 6.53. The van der Waals surface area contributed by atoms with E-state index in [1.54, 1.807) is 0 Å². The van der Waals surface area contributed by atoms with Crippen LogP contribution in [0.5, 0.6) is 0 Å². The van der Waals surface area contributed by atoms with Gasteiger partial charge in [-0.25, -0.2) is 14.1 Å². The maximum atomic E-state index is 13.0. The van der Waals surface area contributed by atoms with Crippen molar-refractivity contribution in [2.45, 2.75) is 26.3 Å². The van der Waals surface area contributed by atoms with Crippen LogP contribution >= 0.6 is 11.6 Å². The highest BCUT2D eigenvalue weighted by atomic mass is 35.5. The monoisotopic (exact) mass is 482 g/mol. The summed E-state index contributed by atoms with van der Waals surface area (Å²) in [7, 11) is 1.99. The summed E-state index contributed by atoms with van der Waals surface area (Å²) in [6.07, 6.45) is 3.66. The molecule has 0 saturated carbocycles. The van der Waals surface area contributed by atoms with Gasteiger partial charge in [-0.05, 0) is 74.4 Å². The number of carbonyl (C=O) groups excluding carboxylic acids is 3. The van der Waals surface area contributed by atoms with E-state index in [1.165, 1.54) is 30.3 Å². The lowest BCUT2D eigenvalue weighted by atomic mass is 9.88. The first-order valence-electron chi connectivity index (χ1n) is 10.6. The van der Waals surface area contributed by atoms with Crippen LogP contribution in [-0.4, -0.2) is 41.9 Å². The second-order valence-corrected chi connectivity index (χ2v) is 9.27. The predicted molar refractivity (Wildman–Crippen MR) is 131 cm³/mol. The van der Waals surface area contributed by atoms with Crippen molar-refractivity contribution in [2.75, 3.05) is 23.8 Å². The maximum absolute atomic E-state index is 13.0. The number of rotatable bonds is 4. The molecule has 0 atom stereocenters. The molecule has 0 spiro atoms. The van der Waals surface area contributed by atoms with E-state index in [1.807, 2.05) is 26.1 Å². The van der Waals surface area contributed by atoms with Gasteiger partial charge in [0, 0.05) is 29.0 Å². The third-order valence-corrected chi connectivity index (χ3v) is 6.35. The lowest BCUT2D eigenvalue weighted by Crippen LogP contribution is -2.42. The number of urea groups is 1. The van der Waals surface area contributed by atoms with Crippen molar-refractivity contribution in [3.63, 3.8) is 0 Å². The zero-order valence-corrected chi connectivity index (χ0v) is 20.0. The Bertz CT molecular complexity index is 1270. The molecule has 2 aromatic carbocycles. The number of nitrogens with zero attached hydrogens (tertiary/aromatic N) is 2. The average molecular weight is 483 g/mol. The average Bonchev–Trinajstić information content (AvgIpc) is 3.02. The Kier molecular flexibility index (Phi) is 5.95. The standard InChI is InChI=1S/C25H24ClFN4O3/c1-14-12-25(2,3)30(4)21-11-19(26)15(9-18(14)21)10-20-23(33)31(24(34)29-20)13-22(32)28-17-7-5-16(27)6-8-17/h5-12H,13H2,1-4H3,(H,28,32)(H,29,34)/b20-10+. The van der Waals surface area contributed by atoms with Crippen LogP contribution in [0.1, 0.15) is 31.9 Å². The second-order valence-electron chi connectivity index (χ2n) is 8.87. The third kappa shape index (κ3) is 4.41. The van der Waals surface area contributed by atoms with Gasteiger partial charge in [0.05, 0.1) is 5.54 Å². The number of amides is 4. The maximum Gasteiger partial charge on any atom is 0.329 e. The number of fused-ring (bicyclic) bond motifs is 1. The van der Waals surface area contributed by atoms with Gasteiger partial charge in [-0.15, -0.1) is 0 Å². The summed E-state index contributed by atoms with van der Waals surface area (Å²) in [6.45, 7) is 5.74. The quantitative estimate of drug-likeness (QED) is 0.491. The summed E-state index contributed by atoms with van der Waals surface area (Å²) < 4.78 is 13.0. The van der Waals surface area contributed by atoms with Crippen molar-refractivity contribution in [3.8, 4) is 0 Å². The number of benzene rings is 2. The van der Waals surface area contributed by atoms with Gasteiger partial charge in [0.15, 0.2) is 0 Å². The van der Waals surface area contributed by atoms with E-state index in [2.05, 4.69) is 35.5 Å². The van der Waals surface area contributed by atoms with Crippen LogP contribution in [0, 0.1) is 5.82 Å². The number of carbonyl (C=O) groups is 3.